The molecule has 27 heavy (non-hydrogen) atoms. The summed E-state index contributed by atoms with van der Waals surface area (Å²) in [5.41, 5.74) is 0.992. The number of ether oxygens (including phenoxy) is 3. The molecule has 0 radical (unpaired) electrons. The van der Waals surface area contributed by atoms with Crippen molar-refractivity contribution in [2.75, 3.05) is 25.6 Å². The van der Waals surface area contributed by atoms with E-state index in [0.29, 0.717) is 37.3 Å². The zero-order valence-electron chi connectivity index (χ0n) is 15.7. The Morgan fingerprint density at radius 1 is 1.00 bits per heavy atom. The summed E-state index contributed by atoms with van der Waals surface area (Å²) in [6.07, 6.45) is 1.66. The van der Waals surface area contributed by atoms with E-state index in [-0.39, 0.29) is 11.9 Å². The molecular weight excluding hydrogens is 346 g/mol. The molecule has 0 saturated heterocycles. The van der Waals surface area contributed by atoms with E-state index in [4.69, 9.17) is 14.2 Å². The molecule has 0 spiro atoms. The Hall–Kier alpha value is -3.02. The van der Waals surface area contributed by atoms with Crippen molar-refractivity contribution in [2.24, 2.45) is 0 Å². The van der Waals surface area contributed by atoms with Crippen LogP contribution in [0.1, 0.15) is 36.5 Å². The number of rotatable bonds is 10. The van der Waals surface area contributed by atoms with E-state index in [9.17, 15) is 9.59 Å². The number of hydrogen-bond donors (Lipinski definition) is 1. The highest BCUT2D eigenvalue weighted by molar-refractivity contribution is 5.94. The van der Waals surface area contributed by atoms with Crippen LogP contribution in [0.3, 0.4) is 0 Å². The normalized spacial score (nSPS) is 10.1. The first-order chi connectivity index (χ1) is 13.1. The van der Waals surface area contributed by atoms with Crippen LogP contribution in [-0.4, -0.2) is 32.2 Å². The van der Waals surface area contributed by atoms with Crippen LogP contribution in [0, 0.1) is 0 Å². The summed E-state index contributed by atoms with van der Waals surface area (Å²) >= 11 is 0. The molecule has 1 amide bonds. The summed E-state index contributed by atoms with van der Waals surface area (Å²) in [5, 5.41) is 2.79. The molecule has 2 rings (SSSR count). The van der Waals surface area contributed by atoms with Gasteiger partial charge in [-0.1, -0.05) is 13.0 Å². The zero-order chi connectivity index (χ0) is 19.5. The van der Waals surface area contributed by atoms with Crippen LogP contribution in [0.15, 0.2) is 48.5 Å². The highest BCUT2D eigenvalue weighted by Crippen LogP contribution is 2.17. The van der Waals surface area contributed by atoms with Gasteiger partial charge in [0.1, 0.15) is 11.5 Å². The maximum atomic E-state index is 12.1. The molecular formula is C21H25NO5. The van der Waals surface area contributed by atoms with E-state index in [2.05, 4.69) is 5.32 Å². The molecule has 0 unspecified atom stereocenters. The van der Waals surface area contributed by atoms with Gasteiger partial charge in [-0.25, -0.2) is 4.79 Å². The molecule has 2 aromatic carbocycles. The Bertz CT molecular complexity index is 742. The van der Waals surface area contributed by atoms with E-state index in [1.54, 1.807) is 31.4 Å². The average molecular weight is 371 g/mol. The predicted octanol–water partition coefficient (Wildman–Crippen LogP) is 4.06. The standard InChI is InChI=1S/C21H25NO5/c1-3-13-27-21(24)16-6-4-7-17(15-16)22-20(23)8-5-14-26-19-11-9-18(25-2)10-12-19/h4,6-7,9-12,15H,3,5,8,13-14H2,1-2H3,(H,22,23). The lowest BCUT2D eigenvalue weighted by Gasteiger charge is -2.09. The van der Waals surface area contributed by atoms with E-state index >= 15 is 0 Å². The lowest BCUT2D eigenvalue weighted by molar-refractivity contribution is -0.116. The lowest BCUT2D eigenvalue weighted by Crippen LogP contribution is -2.13. The minimum atomic E-state index is -0.388. The van der Waals surface area contributed by atoms with Crippen molar-refractivity contribution in [2.45, 2.75) is 26.2 Å². The monoisotopic (exact) mass is 371 g/mol. The number of anilines is 1. The fourth-order valence-corrected chi connectivity index (χ4v) is 2.32. The van der Waals surface area contributed by atoms with Crippen molar-refractivity contribution >= 4 is 17.6 Å². The minimum absolute atomic E-state index is 0.132. The van der Waals surface area contributed by atoms with Gasteiger partial charge >= 0.3 is 5.97 Å². The molecule has 2 aromatic rings. The smallest absolute Gasteiger partial charge is 0.338 e. The Morgan fingerprint density at radius 2 is 1.74 bits per heavy atom. The quantitative estimate of drug-likeness (QED) is 0.504. The molecule has 0 aliphatic heterocycles. The highest BCUT2D eigenvalue weighted by atomic mass is 16.5. The molecule has 0 fully saturated rings. The third kappa shape index (κ3) is 7.01. The third-order valence-electron chi connectivity index (χ3n) is 3.70. The van der Waals surface area contributed by atoms with Crippen molar-refractivity contribution in [3.8, 4) is 11.5 Å². The van der Waals surface area contributed by atoms with Crippen LogP contribution in [0.4, 0.5) is 5.69 Å². The van der Waals surface area contributed by atoms with Gasteiger partial charge < -0.3 is 19.5 Å². The van der Waals surface area contributed by atoms with E-state index in [1.807, 2.05) is 31.2 Å². The molecule has 1 N–H and O–H groups in total. The van der Waals surface area contributed by atoms with Gasteiger partial charge in [-0.3, -0.25) is 4.79 Å². The molecule has 0 bridgehead atoms. The van der Waals surface area contributed by atoms with Gasteiger partial charge in [0.15, 0.2) is 0 Å². The van der Waals surface area contributed by atoms with Gasteiger partial charge in [-0.05, 0) is 55.3 Å². The molecule has 0 aromatic heterocycles. The molecule has 0 aliphatic rings. The number of carbonyl (C=O) groups is 2. The first-order valence-electron chi connectivity index (χ1n) is 8.96. The third-order valence-corrected chi connectivity index (χ3v) is 3.70. The Kier molecular flexibility index (Phi) is 8.16. The van der Waals surface area contributed by atoms with Crippen molar-refractivity contribution in [3.05, 3.63) is 54.1 Å². The topological polar surface area (TPSA) is 73.9 Å². The number of nitrogens with one attached hydrogen (secondary N) is 1. The highest BCUT2D eigenvalue weighted by Gasteiger charge is 2.09. The van der Waals surface area contributed by atoms with E-state index < -0.39 is 0 Å². The molecule has 0 heterocycles. The summed E-state index contributed by atoms with van der Waals surface area (Å²) in [5.74, 6) is 0.977. The first kappa shape index (κ1) is 20.3. The second-order valence-corrected chi connectivity index (χ2v) is 5.89. The van der Waals surface area contributed by atoms with Crippen molar-refractivity contribution < 1.29 is 23.8 Å². The number of methoxy groups -OCH3 is 1. The maximum Gasteiger partial charge on any atom is 0.338 e. The second kappa shape index (κ2) is 10.9. The number of amides is 1. The summed E-state index contributed by atoms with van der Waals surface area (Å²) in [6, 6.07) is 14.0. The maximum absolute atomic E-state index is 12.1. The number of benzene rings is 2. The molecule has 6 nitrogen and oxygen atoms in total. The van der Waals surface area contributed by atoms with Crippen molar-refractivity contribution in [1.29, 1.82) is 0 Å². The van der Waals surface area contributed by atoms with Gasteiger partial charge in [-0.2, -0.15) is 0 Å². The minimum Gasteiger partial charge on any atom is -0.497 e. The van der Waals surface area contributed by atoms with Crippen LogP contribution < -0.4 is 14.8 Å². The van der Waals surface area contributed by atoms with Gasteiger partial charge in [0.2, 0.25) is 5.91 Å². The van der Waals surface area contributed by atoms with Crippen molar-refractivity contribution in [3.63, 3.8) is 0 Å². The zero-order valence-corrected chi connectivity index (χ0v) is 15.7. The Morgan fingerprint density at radius 3 is 2.44 bits per heavy atom. The lowest BCUT2D eigenvalue weighted by atomic mass is 10.2. The van der Waals surface area contributed by atoms with Crippen LogP contribution >= 0.6 is 0 Å². The van der Waals surface area contributed by atoms with Gasteiger partial charge in [0.05, 0.1) is 25.9 Å². The summed E-state index contributed by atoms with van der Waals surface area (Å²) in [7, 11) is 1.61. The largest absolute Gasteiger partial charge is 0.497 e. The fourth-order valence-electron chi connectivity index (χ4n) is 2.32. The van der Waals surface area contributed by atoms with Crippen LogP contribution in [-0.2, 0) is 9.53 Å². The van der Waals surface area contributed by atoms with Crippen LogP contribution in [0.5, 0.6) is 11.5 Å². The van der Waals surface area contributed by atoms with E-state index in [0.717, 1.165) is 17.9 Å². The average Bonchev–Trinajstić information content (AvgIpc) is 2.70. The van der Waals surface area contributed by atoms with Crippen molar-refractivity contribution in [1.82, 2.24) is 0 Å². The SMILES string of the molecule is CCCOC(=O)c1cccc(NC(=O)CCCOc2ccc(OC)cc2)c1. The molecule has 0 saturated carbocycles. The molecule has 0 atom stereocenters. The number of hydrogen-bond acceptors (Lipinski definition) is 5. The molecule has 0 aliphatic carbocycles. The Labute approximate surface area is 159 Å². The predicted molar refractivity (Wildman–Crippen MR) is 103 cm³/mol. The van der Waals surface area contributed by atoms with Crippen LogP contribution in [0.25, 0.3) is 0 Å². The van der Waals surface area contributed by atoms with Gasteiger partial charge in [0.25, 0.3) is 0 Å². The van der Waals surface area contributed by atoms with Crippen LogP contribution in [0.2, 0.25) is 0 Å². The Balaban J connectivity index is 1.74. The number of esters is 1. The summed E-state index contributed by atoms with van der Waals surface area (Å²) in [4.78, 5) is 23.9. The van der Waals surface area contributed by atoms with Gasteiger partial charge in [-0.15, -0.1) is 0 Å². The first-order valence-corrected chi connectivity index (χ1v) is 8.96. The fraction of sp³-hybridized carbons (Fsp3) is 0.333. The molecule has 144 valence electrons. The summed E-state index contributed by atoms with van der Waals surface area (Å²) < 4.78 is 15.8. The molecule has 6 heteroatoms. The summed E-state index contributed by atoms with van der Waals surface area (Å²) in [6.45, 7) is 2.75. The second-order valence-electron chi connectivity index (χ2n) is 5.89. The number of carbonyl (C=O) groups excluding carboxylic acids is 2. The van der Waals surface area contributed by atoms with E-state index in [1.165, 1.54) is 0 Å². The van der Waals surface area contributed by atoms with Gasteiger partial charge in [0, 0.05) is 12.1 Å².